The minimum absolute atomic E-state index is 0.133. The number of rotatable bonds is 4. The standard InChI is InChI=1S/C18H20ClN3O/c19-14-7-3-6-13(10-14)16-17(15(21-22-16)11-8-9-11)20-18(23)12-4-1-2-5-12/h3,6-7,10-12H,1-2,4-5,8-9H2,(H,20,23)(H,21,22). The van der Waals surface area contributed by atoms with Crippen molar-refractivity contribution in [3.63, 3.8) is 0 Å². The smallest absolute Gasteiger partial charge is 0.227 e. The number of H-pyrrole nitrogens is 1. The Balaban J connectivity index is 1.68. The van der Waals surface area contributed by atoms with Gasteiger partial charge < -0.3 is 5.32 Å². The van der Waals surface area contributed by atoms with E-state index in [1.54, 1.807) is 0 Å². The first-order chi connectivity index (χ1) is 11.2. The predicted molar refractivity (Wildman–Crippen MR) is 91.6 cm³/mol. The molecule has 2 aliphatic carbocycles. The maximum atomic E-state index is 12.6. The van der Waals surface area contributed by atoms with Gasteiger partial charge in [0.25, 0.3) is 0 Å². The fourth-order valence-electron chi connectivity index (χ4n) is 3.41. The molecule has 4 rings (SSSR count). The lowest BCUT2D eigenvalue weighted by molar-refractivity contribution is -0.119. The third-order valence-electron chi connectivity index (χ3n) is 4.85. The molecule has 1 heterocycles. The van der Waals surface area contributed by atoms with Gasteiger partial charge in [-0.15, -0.1) is 0 Å². The summed E-state index contributed by atoms with van der Waals surface area (Å²) in [6.45, 7) is 0. The number of aromatic amines is 1. The van der Waals surface area contributed by atoms with Crippen molar-refractivity contribution in [2.75, 3.05) is 5.32 Å². The van der Waals surface area contributed by atoms with Crippen LogP contribution in [0.2, 0.25) is 5.02 Å². The van der Waals surface area contributed by atoms with E-state index in [0.29, 0.717) is 10.9 Å². The van der Waals surface area contributed by atoms with Gasteiger partial charge in [0, 0.05) is 22.4 Å². The number of halogens is 1. The summed E-state index contributed by atoms with van der Waals surface area (Å²) in [6, 6.07) is 7.62. The third-order valence-corrected chi connectivity index (χ3v) is 5.09. The van der Waals surface area contributed by atoms with Crippen LogP contribution in [0.5, 0.6) is 0 Å². The highest BCUT2D eigenvalue weighted by molar-refractivity contribution is 6.30. The van der Waals surface area contributed by atoms with Gasteiger partial charge in [-0.2, -0.15) is 5.10 Å². The molecule has 0 bridgehead atoms. The van der Waals surface area contributed by atoms with E-state index in [1.807, 2.05) is 24.3 Å². The van der Waals surface area contributed by atoms with E-state index in [9.17, 15) is 4.79 Å². The Bertz CT molecular complexity index is 730. The van der Waals surface area contributed by atoms with Crippen molar-refractivity contribution in [3.05, 3.63) is 35.0 Å². The normalized spacial score (nSPS) is 18.3. The highest BCUT2D eigenvalue weighted by Crippen LogP contribution is 2.45. The Hall–Kier alpha value is -1.81. The van der Waals surface area contributed by atoms with Gasteiger partial charge in [-0.3, -0.25) is 9.89 Å². The van der Waals surface area contributed by atoms with Crippen molar-refractivity contribution < 1.29 is 4.79 Å². The zero-order valence-corrected chi connectivity index (χ0v) is 13.7. The molecule has 2 N–H and O–H groups in total. The van der Waals surface area contributed by atoms with E-state index < -0.39 is 0 Å². The lowest BCUT2D eigenvalue weighted by atomic mass is 10.1. The van der Waals surface area contributed by atoms with Crippen LogP contribution in [-0.2, 0) is 4.79 Å². The monoisotopic (exact) mass is 329 g/mol. The van der Waals surface area contributed by atoms with Crippen molar-refractivity contribution in [2.45, 2.75) is 44.4 Å². The predicted octanol–water partition coefficient (Wildman–Crippen LogP) is 4.74. The van der Waals surface area contributed by atoms with Crippen LogP contribution in [0, 0.1) is 5.92 Å². The van der Waals surface area contributed by atoms with Gasteiger partial charge in [-0.25, -0.2) is 0 Å². The molecule has 0 spiro atoms. The molecule has 23 heavy (non-hydrogen) atoms. The number of aromatic nitrogens is 2. The minimum Gasteiger partial charge on any atom is -0.322 e. The van der Waals surface area contributed by atoms with Gasteiger partial charge in [0.05, 0.1) is 11.4 Å². The summed E-state index contributed by atoms with van der Waals surface area (Å²) in [6.07, 6.45) is 6.61. The number of nitrogens with zero attached hydrogens (tertiary/aromatic N) is 1. The first kappa shape index (κ1) is 14.8. The van der Waals surface area contributed by atoms with Crippen molar-refractivity contribution in [1.82, 2.24) is 10.2 Å². The molecule has 0 saturated heterocycles. The molecule has 2 aliphatic rings. The molecule has 4 nitrogen and oxygen atoms in total. The summed E-state index contributed by atoms with van der Waals surface area (Å²) in [5.74, 6) is 0.771. The molecule has 1 aromatic heterocycles. The molecule has 5 heteroatoms. The van der Waals surface area contributed by atoms with Crippen LogP contribution in [-0.4, -0.2) is 16.1 Å². The lowest BCUT2D eigenvalue weighted by Crippen LogP contribution is -2.21. The molecule has 1 aromatic carbocycles. The van der Waals surface area contributed by atoms with E-state index in [2.05, 4.69) is 15.5 Å². The number of hydrogen-bond donors (Lipinski definition) is 2. The van der Waals surface area contributed by atoms with Crippen LogP contribution in [0.25, 0.3) is 11.3 Å². The Morgan fingerprint density at radius 2 is 2.00 bits per heavy atom. The van der Waals surface area contributed by atoms with E-state index in [-0.39, 0.29) is 11.8 Å². The highest BCUT2D eigenvalue weighted by Gasteiger charge is 2.32. The van der Waals surface area contributed by atoms with Crippen LogP contribution >= 0.6 is 11.6 Å². The number of anilines is 1. The second kappa shape index (κ2) is 6.00. The number of hydrogen-bond acceptors (Lipinski definition) is 2. The quantitative estimate of drug-likeness (QED) is 0.851. The van der Waals surface area contributed by atoms with E-state index in [4.69, 9.17) is 11.6 Å². The second-order valence-electron chi connectivity index (χ2n) is 6.62. The summed E-state index contributed by atoms with van der Waals surface area (Å²) in [5.41, 5.74) is 3.64. The van der Waals surface area contributed by atoms with Gasteiger partial charge in [0.15, 0.2) is 0 Å². The fraction of sp³-hybridized carbons (Fsp3) is 0.444. The number of nitrogens with one attached hydrogen (secondary N) is 2. The van der Waals surface area contributed by atoms with Crippen molar-refractivity contribution in [2.24, 2.45) is 5.92 Å². The average molecular weight is 330 g/mol. The Labute approximate surface area is 140 Å². The summed E-state index contributed by atoms with van der Waals surface area (Å²) < 4.78 is 0. The maximum Gasteiger partial charge on any atom is 0.227 e. The molecule has 2 fully saturated rings. The van der Waals surface area contributed by atoms with Gasteiger partial charge in [0.1, 0.15) is 5.69 Å². The van der Waals surface area contributed by atoms with Crippen LogP contribution in [0.3, 0.4) is 0 Å². The summed E-state index contributed by atoms with van der Waals surface area (Å²) >= 11 is 6.11. The molecule has 1 amide bonds. The molecular weight excluding hydrogens is 310 g/mol. The van der Waals surface area contributed by atoms with Crippen molar-refractivity contribution >= 4 is 23.2 Å². The topological polar surface area (TPSA) is 57.8 Å². The maximum absolute atomic E-state index is 12.6. The highest BCUT2D eigenvalue weighted by atomic mass is 35.5. The van der Waals surface area contributed by atoms with Gasteiger partial charge in [-0.05, 0) is 37.8 Å². The third kappa shape index (κ3) is 3.00. The van der Waals surface area contributed by atoms with E-state index in [1.165, 1.54) is 0 Å². The van der Waals surface area contributed by atoms with Crippen LogP contribution in [0.4, 0.5) is 5.69 Å². The van der Waals surface area contributed by atoms with E-state index >= 15 is 0 Å². The summed E-state index contributed by atoms with van der Waals surface area (Å²) in [5, 5.41) is 11.4. The zero-order valence-electron chi connectivity index (χ0n) is 12.9. The molecule has 2 saturated carbocycles. The second-order valence-corrected chi connectivity index (χ2v) is 7.05. The summed E-state index contributed by atoms with van der Waals surface area (Å²) in [4.78, 5) is 12.6. The summed E-state index contributed by atoms with van der Waals surface area (Å²) in [7, 11) is 0. The molecule has 120 valence electrons. The Morgan fingerprint density at radius 1 is 1.22 bits per heavy atom. The Kier molecular flexibility index (Phi) is 3.85. The van der Waals surface area contributed by atoms with Crippen LogP contribution in [0.15, 0.2) is 24.3 Å². The fourth-order valence-corrected chi connectivity index (χ4v) is 3.60. The molecule has 0 atom stereocenters. The minimum atomic E-state index is 0.133. The molecule has 0 radical (unpaired) electrons. The number of carbonyl (C=O) groups excluding carboxylic acids is 1. The first-order valence-corrected chi connectivity index (χ1v) is 8.75. The van der Waals surface area contributed by atoms with Gasteiger partial charge >= 0.3 is 0 Å². The molecule has 0 aliphatic heterocycles. The van der Waals surface area contributed by atoms with Crippen LogP contribution < -0.4 is 5.32 Å². The molecule has 0 unspecified atom stereocenters. The average Bonchev–Trinajstić information content (AvgIpc) is 3.08. The largest absolute Gasteiger partial charge is 0.322 e. The van der Waals surface area contributed by atoms with Crippen molar-refractivity contribution in [1.29, 1.82) is 0 Å². The lowest BCUT2D eigenvalue weighted by Gasteiger charge is -2.12. The zero-order chi connectivity index (χ0) is 15.8. The van der Waals surface area contributed by atoms with Crippen molar-refractivity contribution in [3.8, 4) is 11.3 Å². The van der Waals surface area contributed by atoms with E-state index in [0.717, 1.165) is 61.2 Å². The Morgan fingerprint density at radius 3 is 2.70 bits per heavy atom. The van der Waals surface area contributed by atoms with Gasteiger partial charge in [-0.1, -0.05) is 36.6 Å². The number of amides is 1. The first-order valence-electron chi connectivity index (χ1n) is 8.37. The molecule has 2 aromatic rings. The number of benzene rings is 1. The SMILES string of the molecule is O=C(Nc1c(-c2cccc(Cl)c2)n[nH]c1C1CC1)C1CCCC1. The number of carbonyl (C=O) groups is 1. The van der Waals surface area contributed by atoms with Gasteiger partial charge in [0.2, 0.25) is 5.91 Å². The molecular formula is C18H20ClN3O. The van der Waals surface area contributed by atoms with Crippen LogP contribution in [0.1, 0.15) is 50.1 Å².